The number of aromatic carboxylic acids is 1. The fraction of sp³-hybridized carbons (Fsp3) is 0.364. The van der Waals surface area contributed by atoms with Crippen LogP contribution in [0.25, 0.3) is 11.0 Å². The molecule has 7 nitrogen and oxygen atoms in total. The summed E-state index contributed by atoms with van der Waals surface area (Å²) in [5.41, 5.74) is 4.97. The van der Waals surface area contributed by atoms with E-state index in [0.717, 1.165) is 53.9 Å². The third-order valence-corrected chi connectivity index (χ3v) is 5.74. The molecular weight excluding hydrogens is 368 g/mol. The number of aromatic nitrogens is 2. The zero-order chi connectivity index (χ0) is 20.5. The molecule has 0 atom stereocenters. The van der Waals surface area contributed by atoms with Crippen LogP contribution in [0.2, 0.25) is 0 Å². The number of nitrogens with zero attached hydrogens (tertiary/aromatic N) is 3. The number of carboxylic acids is 1. The fourth-order valence-electron chi connectivity index (χ4n) is 4.08. The molecule has 0 bridgehead atoms. The van der Waals surface area contributed by atoms with E-state index in [1.165, 1.54) is 6.42 Å². The highest BCUT2D eigenvalue weighted by atomic mass is 16.4. The summed E-state index contributed by atoms with van der Waals surface area (Å²) < 4.78 is 3.34. The van der Waals surface area contributed by atoms with Gasteiger partial charge in [-0.3, -0.25) is 9.13 Å². The smallest absolute Gasteiger partial charge is 0.335 e. The average Bonchev–Trinajstić information content (AvgIpc) is 2.96. The Bertz CT molecular complexity index is 1120. The molecule has 3 aromatic rings. The van der Waals surface area contributed by atoms with Crippen LogP contribution in [-0.2, 0) is 20.6 Å². The molecule has 1 saturated heterocycles. The van der Waals surface area contributed by atoms with Crippen LogP contribution in [0.1, 0.15) is 35.2 Å². The Morgan fingerprint density at radius 3 is 2.41 bits per heavy atom. The van der Waals surface area contributed by atoms with Crippen molar-refractivity contribution >= 4 is 28.4 Å². The maximum Gasteiger partial charge on any atom is 0.335 e. The second-order valence-corrected chi connectivity index (χ2v) is 7.67. The highest BCUT2D eigenvalue weighted by Crippen LogP contribution is 2.33. The first-order valence-corrected chi connectivity index (χ1v) is 9.96. The number of fused-ring (bicyclic) bond motifs is 1. The number of piperidine rings is 1. The number of benzene rings is 2. The van der Waals surface area contributed by atoms with Gasteiger partial charge in [-0.25, -0.2) is 9.59 Å². The van der Waals surface area contributed by atoms with Crippen molar-refractivity contribution in [1.82, 2.24) is 9.13 Å². The van der Waals surface area contributed by atoms with Gasteiger partial charge >= 0.3 is 11.7 Å². The molecule has 1 aliphatic heterocycles. The van der Waals surface area contributed by atoms with Crippen LogP contribution in [0.15, 0.2) is 41.2 Å². The van der Waals surface area contributed by atoms with E-state index in [2.05, 4.69) is 16.3 Å². The van der Waals surface area contributed by atoms with Gasteiger partial charge in [-0.15, -0.1) is 0 Å². The molecule has 0 aliphatic carbocycles. The minimum atomic E-state index is -0.929. The van der Waals surface area contributed by atoms with Crippen molar-refractivity contribution in [2.75, 3.05) is 23.3 Å². The SMILES string of the molecule is Cn1c(=O)n(C)c2cc(N3CCCCC3)c(NCc3cccc(C(=O)O)c3)cc21. The predicted octanol–water partition coefficient (Wildman–Crippen LogP) is 3.18. The number of carboxylic acid groups (broad SMARTS) is 1. The summed E-state index contributed by atoms with van der Waals surface area (Å²) in [6.07, 6.45) is 3.56. The van der Waals surface area contributed by atoms with Crippen molar-refractivity contribution in [2.24, 2.45) is 14.1 Å². The molecule has 0 spiro atoms. The lowest BCUT2D eigenvalue weighted by molar-refractivity contribution is 0.0696. The van der Waals surface area contributed by atoms with Crippen LogP contribution >= 0.6 is 0 Å². The number of carbonyl (C=O) groups is 1. The zero-order valence-electron chi connectivity index (χ0n) is 16.8. The van der Waals surface area contributed by atoms with Crippen LogP contribution in [0.3, 0.4) is 0 Å². The Morgan fingerprint density at radius 1 is 1.03 bits per heavy atom. The minimum Gasteiger partial charge on any atom is -0.478 e. The summed E-state index contributed by atoms with van der Waals surface area (Å²) in [7, 11) is 3.58. The van der Waals surface area contributed by atoms with Crippen LogP contribution < -0.4 is 15.9 Å². The van der Waals surface area contributed by atoms with Gasteiger partial charge in [0.25, 0.3) is 0 Å². The Labute approximate surface area is 169 Å². The molecule has 4 rings (SSSR count). The molecule has 0 radical (unpaired) electrons. The number of hydrogen-bond acceptors (Lipinski definition) is 4. The highest BCUT2D eigenvalue weighted by molar-refractivity contribution is 5.89. The Hall–Kier alpha value is -3.22. The fourth-order valence-corrected chi connectivity index (χ4v) is 4.08. The molecule has 1 aliphatic rings. The van der Waals surface area contributed by atoms with Gasteiger partial charge in [-0.05, 0) is 49.1 Å². The van der Waals surface area contributed by atoms with E-state index >= 15 is 0 Å². The predicted molar refractivity (Wildman–Crippen MR) is 115 cm³/mol. The third kappa shape index (κ3) is 3.60. The molecule has 0 unspecified atom stereocenters. The molecule has 0 saturated carbocycles. The van der Waals surface area contributed by atoms with Gasteiger partial charge in [0.05, 0.1) is 28.0 Å². The first-order chi connectivity index (χ1) is 14.0. The molecule has 2 N–H and O–H groups in total. The van der Waals surface area contributed by atoms with Gasteiger partial charge in [0.2, 0.25) is 0 Å². The van der Waals surface area contributed by atoms with E-state index in [1.807, 2.05) is 12.1 Å². The summed E-state index contributed by atoms with van der Waals surface area (Å²) in [6, 6.07) is 11.1. The van der Waals surface area contributed by atoms with E-state index in [0.29, 0.717) is 6.54 Å². The van der Waals surface area contributed by atoms with Crippen molar-refractivity contribution in [3.05, 3.63) is 58.0 Å². The van der Waals surface area contributed by atoms with Crippen LogP contribution in [0.4, 0.5) is 11.4 Å². The first-order valence-electron chi connectivity index (χ1n) is 9.96. The van der Waals surface area contributed by atoms with Crippen molar-refractivity contribution < 1.29 is 9.90 Å². The maximum atomic E-state index is 12.4. The van der Waals surface area contributed by atoms with Crippen molar-refractivity contribution in [1.29, 1.82) is 0 Å². The quantitative estimate of drug-likeness (QED) is 0.695. The van der Waals surface area contributed by atoms with E-state index in [4.69, 9.17) is 0 Å². The number of hydrogen-bond donors (Lipinski definition) is 2. The number of rotatable bonds is 5. The lowest BCUT2D eigenvalue weighted by Gasteiger charge is -2.31. The van der Waals surface area contributed by atoms with Gasteiger partial charge in [-0.2, -0.15) is 0 Å². The molecule has 152 valence electrons. The normalized spacial score (nSPS) is 14.3. The largest absolute Gasteiger partial charge is 0.478 e. The molecule has 1 fully saturated rings. The van der Waals surface area contributed by atoms with E-state index in [-0.39, 0.29) is 11.3 Å². The molecule has 0 amide bonds. The van der Waals surface area contributed by atoms with E-state index in [9.17, 15) is 14.7 Å². The zero-order valence-corrected chi connectivity index (χ0v) is 16.8. The first kappa shape index (κ1) is 19.1. The van der Waals surface area contributed by atoms with Crippen LogP contribution in [0, 0.1) is 0 Å². The summed E-state index contributed by atoms with van der Waals surface area (Å²) >= 11 is 0. The lowest BCUT2D eigenvalue weighted by atomic mass is 10.1. The summed E-state index contributed by atoms with van der Waals surface area (Å²) in [4.78, 5) is 26.0. The standard InChI is InChI=1S/C22H26N4O3/c1-24-19-12-17(23-14-15-7-6-8-16(11-15)21(27)28)18(26-9-4-3-5-10-26)13-20(19)25(2)22(24)29/h6-8,11-13,23H,3-5,9-10,14H2,1-2H3,(H,27,28). The molecule has 29 heavy (non-hydrogen) atoms. The van der Waals surface area contributed by atoms with Gasteiger partial charge in [0.15, 0.2) is 0 Å². The van der Waals surface area contributed by atoms with Crippen molar-refractivity contribution in [3.63, 3.8) is 0 Å². The topological polar surface area (TPSA) is 79.5 Å². The average molecular weight is 394 g/mol. The summed E-state index contributed by atoms with van der Waals surface area (Å²) in [6.45, 7) is 2.50. The molecule has 7 heteroatoms. The van der Waals surface area contributed by atoms with Gasteiger partial charge in [0, 0.05) is 33.7 Å². The molecule has 2 heterocycles. The monoisotopic (exact) mass is 394 g/mol. The van der Waals surface area contributed by atoms with E-state index < -0.39 is 5.97 Å². The van der Waals surface area contributed by atoms with Gasteiger partial charge in [-0.1, -0.05) is 12.1 Å². The van der Waals surface area contributed by atoms with Crippen LogP contribution in [0.5, 0.6) is 0 Å². The number of nitrogens with one attached hydrogen (secondary N) is 1. The number of imidazole rings is 1. The lowest BCUT2D eigenvalue weighted by Crippen LogP contribution is -2.30. The van der Waals surface area contributed by atoms with Gasteiger partial charge in [0.1, 0.15) is 0 Å². The van der Waals surface area contributed by atoms with Gasteiger partial charge < -0.3 is 15.3 Å². The second kappa shape index (κ2) is 7.66. The number of anilines is 2. The Kier molecular flexibility index (Phi) is 5.05. The third-order valence-electron chi connectivity index (χ3n) is 5.74. The Morgan fingerprint density at radius 2 is 1.72 bits per heavy atom. The van der Waals surface area contributed by atoms with E-state index in [1.54, 1.807) is 41.4 Å². The molecule has 1 aromatic heterocycles. The summed E-state index contributed by atoms with van der Waals surface area (Å²) in [5.74, 6) is -0.929. The number of aryl methyl sites for hydroxylation is 2. The summed E-state index contributed by atoms with van der Waals surface area (Å²) in [5, 5.41) is 12.7. The highest BCUT2D eigenvalue weighted by Gasteiger charge is 2.18. The minimum absolute atomic E-state index is 0.0455. The second-order valence-electron chi connectivity index (χ2n) is 7.67. The van der Waals surface area contributed by atoms with Crippen LogP contribution in [-0.4, -0.2) is 33.3 Å². The molecule has 2 aromatic carbocycles. The molecular formula is C22H26N4O3. The maximum absolute atomic E-state index is 12.4. The van der Waals surface area contributed by atoms with Crippen molar-refractivity contribution in [2.45, 2.75) is 25.8 Å². The Balaban J connectivity index is 1.73. The van der Waals surface area contributed by atoms with Crippen molar-refractivity contribution in [3.8, 4) is 0 Å².